The number of nitrogens with one attached hydrogen (secondary N) is 2. The highest BCUT2D eigenvalue weighted by molar-refractivity contribution is 5.96. The normalized spacial score (nSPS) is 11.5. The Labute approximate surface area is 164 Å². The van der Waals surface area contributed by atoms with Gasteiger partial charge in [-0.15, -0.1) is 0 Å². The molecule has 3 aromatic rings. The van der Waals surface area contributed by atoms with Gasteiger partial charge >= 0.3 is 0 Å². The fourth-order valence-electron chi connectivity index (χ4n) is 2.88. The van der Waals surface area contributed by atoms with E-state index in [-0.39, 0.29) is 29.2 Å². The zero-order valence-corrected chi connectivity index (χ0v) is 16.0. The van der Waals surface area contributed by atoms with Crippen molar-refractivity contribution < 1.29 is 9.59 Å². The summed E-state index contributed by atoms with van der Waals surface area (Å²) in [4.78, 5) is 29.2. The van der Waals surface area contributed by atoms with Crippen molar-refractivity contribution in [3.05, 3.63) is 101 Å². The topological polar surface area (TPSA) is 71.1 Å². The van der Waals surface area contributed by atoms with Crippen molar-refractivity contribution in [1.82, 2.24) is 15.6 Å². The fraction of sp³-hybridized carbons (Fsp3) is 0.174. The molecule has 1 aromatic heterocycles. The van der Waals surface area contributed by atoms with Crippen LogP contribution in [0, 0.1) is 6.92 Å². The number of amides is 2. The lowest BCUT2D eigenvalue weighted by Gasteiger charge is -2.14. The predicted molar refractivity (Wildman–Crippen MR) is 109 cm³/mol. The summed E-state index contributed by atoms with van der Waals surface area (Å²) in [6.07, 6.45) is 0. The largest absolute Gasteiger partial charge is 0.347 e. The number of carbonyl (C=O) groups is 2. The maximum atomic E-state index is 12.5. The summed E-state index contributed by atoms with van der Waals surface area (Å²) < 4.78 is 0. The first-order chi connectivity index (χ1) is 13.5. The van der Waals surface area contributed by atoms with E-state index in [9.17, 15) is 9.59 Å². The van der Waals surface area contributed by atoms with Gasteiger partial charge in [-0.25, -0.2) is 4.98 Å². The molecule has 0 aliphatic heterocycles. The molecule has 0 bridgehead atoms. The van der Waals surface area contributed by atoms with Gasteiger partial charge in [0.05, 0.1) is 6.04 Å². The van der Waals surface area contributed by atoms with Gasteiger partial charge in [0.2, 0.25) is 0 Å². The average molecular weight is 373 g/mol. The van der Waals surface area contributed by atoms with E-state index in [1.54, 1.807) is 18.2 Å². The Bertz CT molecular complexity index is 970. The SMILES string of the molecule is Cc1cccc(CNC(=O)c2cccc(C(=O)NC(C)c3ccccc3)n2)c1. The molecule has 2 amide bonds. The predicted octanol–water partition coefficient (Wildman–Crippen LogP) is 3.81. The number of pyridine rings is 1. The van der Waals surface area contributed by atoms with Gasteiger partial charge in [-0.2, -0.15) is 0 Å². The van der Waals surface area contributed by atoms with E-state index in [1.807, 2.05) is 68.4 Å². The van der Waals surface area contributed by atoms with Gasteiger partial charge in [-0.05, 0) is 37.1 Å². The molecule has 142 valence electrons. The molecule has 1 unspecified atom stereocenters. The minimum atomic E-state index is -0.315. The van der Waals surface area contributed by atoms with E-state index in [1.165, 1.54) is 0 Å². The lowest BCUT2D eigenvalue weighted by Crippen LogP contribution is -2.29. The van der Waals surface area contributed by atoms with Crippen molar-refractivity contribution in [2.45, 2.75) is 26.4 Å². The summed E-state index contributed by atoms with van der Waals surface area (Å²) in [6.45, 7) is 4.32. The molecular weight excluding hydrogens is 350 g/mol. The second kappa shape index (κ2) is 8.95. The van der Waals surface area contributed by atoms with Gasteiger partial charge in [-0.3, -0.25) is 9.59 Å². The third kappa shape index (κ3) is 5.04. The number of hydrogen-bond acceptors (Lipinski definition) is 3. The monoisotopic (exact) mass is 373 g/mol. The maximum Gasteiger partial charge on any atom is 0.270 e. The van der Waals surface area contributed by atoms with Crippen LogP contribution < -0.4 is 10.6 Å². The van der Waals surface area contributed by atoms with Crippen LogP contribution in [0.3, 0.4) is 0 Å². The van der Waals surface area contributed by atoms with E-state index in [0.717, 1.165) is 16.7 Å². The van der Waals surface area contributed by atoms with Crippen molar-refractivity contribution in [3.63, 3.8) is 0 Å². The maximum absolute atomic E-state index is 12.5. The van der Waals surface area contributed by atoms with Gasteiger partial charge in [-0.1, -0.05) is 66.2 Å². The van der Waals surface area contributed by atoms with E-state index in [0.29, 0.717) is 6.54 Å². The van der Waals surface area contributed by atoms with Crippen molar-refractivity contribution in [2.75, 3.05) is 0 Å². The molecule has 0 aliphatic carbocycles. The number of benzene rings is 2. The molecule has 0 saturated heterocycles. The molecule has 5 heteroatoms. The highest BCUT2D eigenvalue weighted by Gasteiger charge is 2.15. The van der Waals surface area contributed by atoms with Crippen LogP contribution in [-0.2, 0) is 6.54 Å². The Hall–Kier alpha value is -3.47. The van der Waals surface area contributed by atoms with E-state index >= 15 is 0 Å². The van der Waals surface area contributed by atoms with Crippen LogP contribution >= 0.6 is 0 Å². The number of hydrogen-bond donors (Lipinski definition) is 2. The first kappa shape index (κ1) is 19.3. The molecule has 5 nitrogen and oxygen atoms in total. The standard InChI is InChI=1S/C23H23N3O2/c1-16-8-6-9-18(14-16)15-24-22(27)20-12-7-13-21(26-20)23(28)25-17(2)19-10-4-3-5-11-19/h3-14,17H,15H2,1-2H3,(H,24,27)(H,25,28). The third-order valence-electron chi connectivity index (χ3n) is 4.40. The number of nitrogens with zero attached hydrogens (tertiary/aromatic N) is 1. The van der Waals surface area contributed by atoms with Crippen molar-refractivity contribution in [2.24, 2.45) is 0 Å². The number of rotatable bonds is 6. The van der Waals surface area contributed by atoms with Crippen LogP contribution in [0.15, 0.2) is 72.8 Å². The van der Waals surface area contributed by atoms with Crippen LogP contribution in [0.25, 0.3) is 0 Å². The molecule has 28 heavy (non-hydrogen) atoms. The second-order valence-corrected chi connectivity index (χ2v) is 6.69. The molecule has 3 rings (SSSR count). The Morgan fingerprint density at radius 1 is 0.893 bits per heavy atom. The first-order valence-electron chi connectivity index (χ1n) is 9.19. The van der Waals surface area contributed by atoms with Gasteiger partial charge in [0, 0.05) is 6.54 Å². The Morgan fingerprint density at radius 3 is 2.29 bits per heavy atom. The number of aromatic nitrogens is 1. The highest BCUT2D eigenvalue weighted by atomic mass is 16.2. The average Bonchev–Trinajstić information content (AvgIpc) is 2.72. The van der Waals surface area contributed by atoms with Crippen molar-refractivity contribution in [1.29, 1.82) is 0 Å². The Morgan fingerprint density at radius 2 is 1.57 bits per heavy atom. The Balaban J connectivity index is 1.64. The van der Waals surface area contributed by atoms with Crippen LogP contribution in [0.5, 0.6) is 0 Å². The summed E-state index contributed by atoms with van der Waals surface area (Å²) in [6, 6.07) is 22.3. The minimum Gasteiger partial charge on any atom is -0.347 e. The molecule has 2 N–H and O–H groups in total. The first-order valence-corrected chi connectivity index (χ1v) is 9.19. The molecule has 2 aromatic carbocycles. The van der Waals surface area contributed by atoms with Crippen molar-refractivity contribution in [3.8, 4) is 0 Å². The van der Waals surface area contributed by atoms with Crippen LogP contribution in [0.4, 0.5) is 0 Å². The molecule has 0 saturated carbocycles. The number of aryl methyl sites for hydroxylation is 1. The Kier molecular flexibility index (Phi) is 6.17. The molecule has 1 heterocycles. The zero-order valence-electron chi connectivity index (χ0n) is 16.0. The quantitative estimate of drug-likeness (QED) is 0.690. The molecular formula is C23H23N3O2. The molecule has 1 atom stereocenters. The van der Waals surface area contributed by atoms with Gasteiger partial charge in [0.15, 0.2) is 0 Å². The van der Waals surface area contributed by atoms with Crippen LogP contribution in [0.1, 0.15) is 50.6 Å². The van der Waals surface area contributed by atoms with Gasteiger partial charge in [0.1, 0.15) is 11.4 Å². The second-order valence-electron chi connectivity index (χ2n) is 6.69. The third-order valence-corrected chi connectivity index (χ3v) is 4.40. The summed E-state index contributed by atoms with van der Waals surface area (Å²) in [5.41, 5.74) is 3.58. The van der Waals surface area contributed by atoms with Gasteiger partial charge < -0.3 is 10.6 Å². The fourth-order valence-corrected chi connectivity index (χ4v) is 2.88. The molecule has 0 fully saturated rings. The summed E-state index contributed by atoms with van der Waals surface area (Å²) in [7, 11) is 0. The summed E-state index contributed by atoms with van der Waals surface area (Å²) >= 11 is 0. The zero-order chi connectivity index (χ0) is 19.9. The minimum absolute atomic E-state index is 0.158. The molecule has 0 radical (unpaired) electrons. The smallest absolute Gasteiger partial charge is 0.270 e. The van der Waals surface area contributed by atoms with Gasteiger partial charge in [0.25, 0.3) is 11.8 Å². The highest BCUT2D eigenvalue weighted by Crippen LogP contribution is 2.12. The summed E-state index contributed by atoms with van der Waals surface area (Å²) in [5.74, 6) is -0.628. The number of carbonyl (C=O) groups excluding carboxylic acids is 2. The molecule has 0 aliphatic rings. The summed E-state index contributed by atoms with van der Waals surface area (Å²) in [5, 5.41) is 5.75. The van der Waals surface area contributed by atoms with E-state index in [4.69, 9.17) is 0 Å². The van der Waals surface area contributed by atoms with E-state index in [2.05, 4.69) is 15.6 Å². The lowest BCUT2D eigenvalue weighted by molar-refractivity contribution is 0.0933. The van der Waals surface area contributed by atoms with Crippen LogP contribution in [-0.4, -0.2) is 16.8 Å². The van der Waals surface area contributed by atoms with Crippen molar-refractivity contribution >= 4 is 11.8 Å². The lowest BCUT2D eigenvalue weighted by atomic mass is 10.1. The van der Waals surface area contributed by atoms with E-state index < -0.39 is 0 Å². The molecule has 0 spiro atoms. The van der Waals surface area contributed by atoms with Crippen LogP contribution in [0.2, 0.25) is 0 Å².